The molecule has 0 bridgehead atoms. The lowest BCUT2D eigenvalue weighted by atomic mass is 10.0. The number of rotatable bonds is 68. The molecule has 3 N–H and O–H groups in total. The van der Waals surface area contributed by atoms with Crippen molar-refractivity contribution >= 4 is 39.5 Å². The van der Waals surface area contributed by atoms with Crippen LogP contribution in [0.15, 0.2) is 0 Å². The summed E-state index contributed by atoms with van der Waals surface area (Å²) in [5, 5.41) is 10.6. The van der Waals surface area contributed by atoms with E-state index in [0.717, 1.165) is 108 Å². The second-order valence-corrected chi connectivity index (χ2v) is 28.8. The number of carbonyl (C=O) groups is 4. The average Bonchev–Trinajstić information content (AvgIpc) is 3.55. The van der Waals surface area contributed by atoms with E-state index in [1.54, 1.807) is 0 Å². The molecule has 0 amide bonds. The van der Waals surface area contributed by atoms with E-state index in [9.17, 15) is 43.2 Å². The zero-order valence-corrected chi connectivity index (χ0v) is 58.8. The summed E-state index contributed by atoms with van der Waals surface area (Å²) >= 11 is 0. The highest BCUT2D eigenvalue weighted by Crippen LogP contribution is 2.45. The first kappa shape index (κ1) is 86.1. The Balaban J connectivity index is 5.20. The van der Waals surface area contributed by atoms with E-state index in [2.05, 4.69) is 41.5 Å². The van der Waals surface area contributed by atoms with Gasteiger partial charge < -0.3 is 33.8 Å². The molecule has 0 aliphatic rings. The predicted octanol–water partition coefficient (Wildman–Crippen LogP) is 19.6. The fraction of sp³-hybridized carbons (Fsp3) is 0.942. The molecule has 19 heteroatoms. The molecule has 0 spiro atoms. The van der Waals surface area contributed by atoms with Gasteiger partial charge >= 0.3 is 39.5 Å². The molecule has 0 fully saturated rings. The summed E-state index contributed by atoms with van der Waals surface area (Å²) in [5.41, 5.74) is 0. The summed E-state index contributed by atoms with van der Waals surface area (Å²) in [6.07, 6.45) is 45.9. The first-order chi connectivity index (χ1) is 42.4. The van der Waals surface area contributed by atoms with Gasteiger partial charge in [-0.05, 0) is 37.5 Å². The molecular weight excluding hydrogens is 1160 g/mol. The molecule has 0 saturated carbocycles. The third-order valence-electron chi connectivity index (χ3n) is 16.0. The minimum atomic E-state index is -4.95. The van der Waals surface area contributed by atoms with Gasteiger partial charge in [-0.3, -0.25) is 37.3 Å². The minimum absolute atomic E-state index is 0.106. The maximum atomic E-state index is 13.0. The van der Waals surface area contributed by atoms with Crippen molar-refractivity contribution in [3.63, 3.8) is 0 Å². The molecule has 0 aromatic rings. The van der Waals surface area contributed by atoms with Crippen molar-refractivity contribution < 1.29 is 80.2 Å². The molecule has 0 aromatic heterocycles. The lowest BCUT2D eigenvalue weighted by Gasteiger charge is -2.21. The van der Waals surface area contributed by atoms with Crippen molar-refractivity contribution in [3.8, 4) is 0 Å². The van der Waals surface area contributed by atoms with Crippen LogP contribution >= 0.6 is 15.6 Å². The number of unbranched alkanes of at least 4 members (excludes halogenated alkanes) is 38. The number of aliphatic hydroxyl groups excluding tert-OH is 1. The van der Waals surface area contributed by atoms with Crippen LogP contribution in [0, 0.1) is 11.8 Å². The van der Waals surface area contributed by atoms with Crippen LogP contribution in [-0.4, -0.2) is 96.7 Å². The Morgan fingerprint density at radius 1 is 0.307 bits per heavy atom. The SMILES string of the molecule is CCCCCCCCCCCCC(=O)O[C@H](COC(=O)CCCCCCCCCC)COP(=O)(O)OC[C@H](O)COP(=O)(O)OC[C@@H](COC(=O)CCCCCCCCCCCC(C)C)OC(=O)CCCCCCCCCCCCCCCCCC(C)C. The van der Waals surface area contributed by atoms with E-state index in [-0.39, 0.29) is 25.7 Å². The highest BCUT2D eigenvalue weighted by atomic mass is 31.2. The van der Waals surface area contributed by atoms with Crippen LogP contribution in [0.4, 0.5) is 0 Å². The molecule has 522 valence electrons. The molecule has 17 nitrogen and oxygen atoms in total. The molecule has 0 radical (unpaired) electrons. The highest BCUT2D eigenvalue weighted by molar-refractivity contribution is 7.47. The number of aliphatic hydroxyl groups is 1. The Hall–Kier alpha value is -1.94. The van der Waals surface area contributed by atoms with Gasteiger partial charge in [0.1, 0.15) is 19.3 Å². The lowest BCUT2D eigenvalue weighted by Crippen LogP contribution is -2.30. The van der Waals surface area contributed by atoms with E-state index in [4.69, 9.17) is 37.0 Å². The second-order valence-electron chi connectivity index (χ2n) is 25.9. The number of phosphoric ester groups is 2. The number of esters is 4. The van der Waals surface area contributed by atoms with Crippen LogP contribution in [0.2, 0.25) is 0 Å². The Bertz CT molecular complexity index is 1720. The quantitative estimate of drug-likeness (QED) is 0.0222. The number of ether oxygens (including phenoxy) is 4. The summed E-state index contributed by atoms with van der Waals surface area (Å²) in [5.74, 6) is -0.582. The first-order valence-corrected chi connectivity index (χ1v) is 39.0. The monoisotopic (exact) mass is 1300 g/mol. The molecule has 0 rings (SSSR count). The van der Waals surface area contributed by atoms with E-state index in [1.165, 1.54) is 161 Å². The van der Waals surface area contributed by atoms with Crippen LogP contribution in [0.1, 0.15) is 350 Å². The standard InChI is InChI=1S/C69H134O17P2/c1-7-9-11-13-15-17-28-35-41-47-53-68(73)85-64(57-79-66(71)51-45-39-33-16-14-12-10-8-2)59-83-87(75,76)81-55-63(70)56-82-88(77,78)84-60-65(58-80-67(72)52-46-40-34-30-25-27-32-38-44-50-62(5)6)86-69(74)54-48-42-36-29-24-22-20-18-19-21-23-26-31-37-43-49-61(3)4/h61-65,70H,7-60H2,1-6H3,(H,75,76)(H,77,78)/t63-,64+,65+/m0/s1. The molecular formula is C69H134O17P2. The molecule has 0 aliphatic heterocycles. The molecule has 0 saturated heterocycles. The van der Waals surface area contributed by atoms with Crippen molar-refractivity contribution in [2.45, 2.75) is 368 Å². The molecule has 0 aromatic carbocycles. The minimum Gasteiger partial charge on any atom is -0.462 e. The first-order valence-electron chi connectivity index (χ1n) is 36.0. The summed E-state index contributed by atoms with van der Waals surface area (Å²) < 4.78 is 68.1. The summed E-state index contributed by atoms with van der Waals surface area (Å²) in [6, 6.07) is 0. The van der Waals surface area contributed by atoms with Crippen molar-refractivity contribution in [2.75, 3.05) is 39.6 Å². The fourth-order valence-electron chi connectivity index (χ4n) is 10.4. The van der Waals surface area contributed by atoms with Crippen LogP contribution in [0.25, 0.3) is 0 Å². The number of hydrogen-bond acceptors (Lipinski definition) is 15. The maximum absolute atomic E-state index is 13.0. The molecule has 2 unspecified atom stereocenters. The van der Waals surface area contributed by atoms with E-state index >= 15 is 0 Å². The predicted molar refractivity (Wildman–Crippen MR) is 354 cm³/mol. The topological polar surface area (TPSA) is 237 Å². The molecule has 5 atom stereocenters. The van der Waals surface area contributed by atoms with Gasteiger partial charge in [0.2, 0.25) is 0 Å². The van der Waals surface area contributed by atoms with Crippen molar-refractivity contribution in [3.05, 3.63) is 0 Å². The van der Waals surface area contributed by atoms with Gasteiger partial charge in [0.25, 0.3) is 0 Å². The lowest BCUT2D eigenvalue weighted by molar-refractivity contribution is -0.161. The number of phosphoric acid groups is 2. The van der Waals surface area contributed by atoms with Gasteiger partial charge in [0, 0.05) is 25.7 Å². The Kier molecular flexibility index (Phi) is 59.9. The maximum Gasteiger partial charge on any atom is 0.472 e. The number of carbonyl (C=O) groups excluding carboxylic acids is 4. The third-order valence-corrected chi connectivity index (χ3v) is 17.9. The highest BCUT2D eigenvalue weighted by Gasteiger charge is 2.30. The third kappa shape index (κ3) is 62.8. The summed E-state index contributed by atoms with van der Waals surface area (Å²) in [6.45, 7) is 9.51. The van der Waals surface area contributed by atoms with Crippen LogP contribution < -0.4 is 0 Å². The van der Waals surface area contributed by atoms with Gasteiger partial charge in [-0.1, -0.05) is 298 Å². The van der Waals surface area contributed by atoms with Gasteiger partial charge in [0.05, 0.1) is 26.4 Å². The van der Waals surface area contributed by atoms with Gasteiger partial charge in [-0.2, -0.15) is 0 Å². The van der Waals surface area contributed by atoms with Crippen molar-refractivity contribution in [1.82, 2.24) is 0 Å². The van der Waals surface area contributed by atoms with Crippen LogP contribution in [0.5, 0.6) is 0 Å². The Labute approximate surface area is 537 Å². The van der Waals surface area contributed by atoms with Crippen molar-refractivity contribution in [1.29, 1.82) is 0 Å². The number of hydrogen-bond donors (Lipinski definition) is 3. The fourth-order valence-corrected chi connectivity index (χ4v) is 12.0. The normalized spacial score (nSPS) is 14.2. The smallest absolute Gasteiger partial charge is 0.462 e. The zero-order chi connectivity index (χ0) is 65.0. The second kappa shape index (κ2) is 61.3. The summed E-state index contributed by atoms with van der Waals surface area (Å²) in [7, 11) is -9.89. The zero-order valence-electron chi connectivity index (χ0n) is 57.0. The van der Waals surface area contributed by atoms with Gasteiger partial charge in [-0.15, -0.1) is 0 Å². The summed E-state index contributed by atoms with van der Waals surface area (Å²) in [4.78, 5) is 72.4. The Morgan fingerprint density at radius 2 is 0.523 bits per heavy atom. The molecule has 88 heavy (non-hydrogen) atoms. The van der Waals surface area contributed by atoms with E-state index in [1.807, 2.05) is 0 Å². The van der Waals surface area contributed by atoms with Gasteiger partial charge in [0.15, 0.2) is 12.2 Å². The Morgan fingerprint density at radius 3 is 0.773 bits per heavy atom. The largest absolute Gasteiger partial charge is 0.472 e. The van der Waals surface area contributed by atoms with Crippen LogP contribution in [-0.2, 0) is 65.4 Å². The van der Waals surface area contributed by atoms with E-state index in [0.29, 0.717) is 25.7 Å². The van der Waals surface area contributed by atoms with Gasteiger partial charge in [-0.25, -0.2) is 9.13 Å². The van der Waals surface area contributed by atoms with Crippen LogP contribution in [0.3, 0.4) is 0 Å². The molecule has 0 heterocycles. The average molecular weight is 1300 g/mol. The molecule has 0 aliphatic carbocycles. The van der Waals surface area contributed by atoms with E-state index < -0.39 is 97.5 Å². The van der Waals surface area contributed by atoms with Crippen molar-refractivity contribution in [2.24, 2.45) is 11.8 Å².